The van der Waals surface area contributed by atoms with E-state index in [0.717, 1.165) is 5.75 Å². The number of nitrogens with two attached hydrogens (primary N) is 1. The number of rotatable bonds is 4. The molecule has 15 heavy (non-hydrogen) atoms. The Bertz CT molecular complexity index is 414. The Kier molecular flexibility index (Phi) is 2.82. The number of anilines is 1. The maximum Gasteiger partial charge on any atom is 0.312 e. The first-order valence-corrected chi connectivity index (χ1v) is 4.60. The van der Waals surface area contributed by atoms with Gasteiger partial charge in [0.15, 0.2) is 0 Å². The van der Waals surface area contributed by atoms with Crippen molar-refractivity contribution in [2.75, 3.05) is 12.3 Å². The SMILES string of the molecule is Nc1nnc(CCOc2ccccc2)o1. The van der Waals surface area contributed by atoms with Gasteiger partial charge >= 0.3 is 6.01 Å². The van der Waals surface area contributed by atoms with Crippen LogP contribution in [0.5, 0.6) is 5.75 Å². The second kappa shape index (κ2) is 4.45. The molecule has 1 heterocycles. The van der Waals surface area contributed by atoms with Gasteiger partial charge in [0.25, 0.3) is 0 Å². The number of ether oxygens (including phenoxy) is 1. The lowest BCUT2D eigenvalue weighted by molar-refractivity contribution is 0.307. The smallest absolute Gasteiger partial charge is 0.312 e. The predicted molar refractivity (Wildman–Crippen MR) is 54.4 cm³/mol. The number of nitrogen functional groups attached to an aromatic ring is 1. The van der Waals surface area contributed by atoms with Crippen molar-refractivity contribution in [1.82, 2.24) is 10.2 Å². The van der Waals surface area contributed by atoms with Crippen molar-refractivity contribution in [3.63, 3.8) is 0 Å². The van der Waals surface area contributed by atoms with Crippen LogP contribution in [0.25, 0.3) is 0 Å². The van der Waals surface area contributed by atoms with Gasteiger partial charge in [-0.3, -0.25) is 0 Å². The number of benzene rings is 1. The molecule has 0 unspecified atom stereocenters. The topological polar surface area (TPSA) is 74.2 Å². The molecule has 0 amide bonds. The van der Waals surface area contributed by atoms with Gasteiger partial charge in [0.1, 0.15) is 5.75 Å². The van der Waals surface area contributed by atoms with Gasteiger partial charge in [-0.2, -0.15) is 0 Å². The van der Waals surface area contributed by atoms with Gasteiger partial charge < -0.3 is 14.9 Å². The molecule has 0 saturated heterocycles. The molecule has 0 aliphatic carbocycles. The molecular weight excluding hydrogens is 194 g/mol. The molecule has 2 N–H and O–H groups in total. The Morgan fingerprint density at radius 3 is 2.67 bits per heavy atom. The van der Waals surface area contributed by atoms with Crippen molar-refractivity contribution in [3.8, 4) is 5.75 Å². The number of hydrogen-bond donors (Lipinski definition) is 1. The highest BCUT2D eigenvalue weighted by Gasteiger charge is 2.02. The van der Waals surface area contributed by atoms with Crippen LogP contribution in [0.4, 0.5) is 6.01 Å². The van der Waals surface area contributed by atoms with Crippen molar-refractivity contribution in [3.05, 3.63) is 36.2 Å². The largest absolute Gasteiger partial charge is 0.493 e. The van der Waals surface area contributed by atoms with Crippen LogP contribution < -0.4 is 10.5 Å². The van der Waals surface area contributed by atoms with Crippen molar-refractivity contribution >= 4 is 6.01 Å². The highest BCUT2D eigenvalue weighted by atomic mass is 16.5. The molecule has 0 aliphatic heterocycles. The van der Waals surface area contributed by atoms with E-state index in [4.69, 9.17) is 14.9 Å². The molecule has 0 fully saturated rings. The van der Waals surface area contributed by atoms with E-state index in [1.165, 1.54) is 0 Å². The van der Waals surface area contributed by atoms with E-state index in [-0.39, 0.29) is 6.01 Å². The van der Waals surface area contributed by atoms with Crippen molar-refractivity contribution in [2.24, 2.45) is 0 Å². The van der Waals surface area contributed by atoms with Crippen LogP contribution >= 0.6 is 0 Å². The highest BCUT2D eigenvalue weighted by molar-refractivity contribution is 5.20. The molecule has 2 rings (SSSR count). The normalized spacial score (nSPS) is 10.1. The summed E-state index contributed by atoms with van der Waals surface area (Å²) in [7, 11) is 0. The summed E-state index contributed by atoms with van der Waals surface area (Å²) in [4.78, 5) is 0. The lowest BCUT2D eigenvalue weighted by atomic mass is 10.3. The average molecular weight is 205 g/mol. The van der Waals surface area contributed by atoms with Crippen molar-refractivity contribution < 1.29 is 9.15 Å². The first kappa shape index (κ1) is 9.51. The number of para-hydroxylation sites is 1. The molecule has 5 nitrogen and oxygen atoms in total. The third-order valence-electron chi connectivity index (χ3n) is 1.81. The fraction of sp³-hybridized carbons (Fsp3) is 0.200. The molecule has 0 aliphatic rings. The van der Waals surface area contributed by atoms with E-state index in [0.29, 0.717) is 18.9 Å². The van der Waals surface area contributed by atoms with Crippen LogP contribution in [-0.4, -0.2) is 16.8 Å². The summed E-state index contributed by atoms with van der Waals surface area (Å²) in [6, 6.07) is 9.64. The minimum atomic E-state index is 0.0877. The summed E-state index contributed by atoms with van der Waals surface area (Å²) >= 11 is 0. The molecule has 1 aromatic carbocycles. The zero-order valence-corrected chi connectivity index (χ0v) is 8.09. The molecule has 1 aromatic heterocycles. The first-order valence-electron chi connectivity index (χ1n) is 4.60. The maximum atomic E-state index is 5.45. The third kappa shape index (κ3) is 2.70. The highest BCUT2D eigenvalue weighted by Crippen LogP contribution is 2.09. The van der Waals surface area contributed by atoms with Gasteiger partial charge in [-0.15, -0.1) is 5.10 Å². The van der Waals surface area contributed by atoms with Gasteiger partial charge in [0, 0.05) is 0 Å². The zero-order valence-electron chi connectivity index (χ0n) is 8.09. The first-order chi connectivity index (χ1) is 7.34. The monoisotopic (exact) mass is 205 g/mol. The molecule has 5 heteroatoms. The third-order valence-corrected chi connectivity index (χ3v) is 1.81. The molecule has 0 saturated carbocycles. The van der Waals surface area contributed by atoms with Crippen LogP contribution in [0.2, 0.25) is 0 Å². The van der Waals surface area contributed by atoms with Crippen LogP contribution in [0, 0.1) is 0 Å². The van der Waals surface area contributed by atoms with Crippen molar-refractivity contribution in [2.45, 2.75) is 6.42 Å². The second-order valence-electron chi connectivity index (χ2n) is 2.95. The quantitative estimate of drug-likeness (QED) is 0.813. The van der Waals surface area contributed by atoms with Crippen LogP contribution in [0.3, 0.4) is 0 Å². The van der Waals surface area contributed by atoms with E-state index < -0.39 is 0 Å². The van der Waals surface area contributed by atoms with E-state index in [2.05, 4.69) is 10.2 Å². The summed E-state index contributed by atoms with van der Waals surface area (Å²) < 4.78 is 10.4. The molecule has 0 bridgehead atoms. The van der Waals surface area contributed by atoms with Crippen LogP contribution in [-0.2, 0) is 6.42 Å². The zero-order chi connectivity index (χ0) is 10.5. The van der Waals surface area contributed by atoms with Gasteiger partial charge in [-0.1, -0.05) is 23.3 Å². The summed E-state index contributed by atoms with van der Waals surface area (Å²) in [5.41, 5.74) is 5.28. The Morgan fingerprint density at radius 1 is 1.20 bits per heavy atom. The Labute approximate surface area is 86.9 Å². The number of hydrogen-bond acceptors (Lipinski definition) is 5. The van der Waals surface area contributed by atoms with E-state index >= 15 is 0 Å². The Balaban J connectivity index is 1.80. The van der Waals surface area contributed by atoms with E-state index in [1.54, 1.807) is 0 Å². The fourth-order valence-corrected chi connectivity index (χ4v) is 1.14. The van der Waals surface area contributed by atoms with Gasteiger partial charge in [-0.25, -0.2) is 0 Å². The number of aromatic nitrogens is 2. The minimum Gasteiger partial charge on any atom is -0.493 e. The Hall–Kier alpha value is -2.04. The molecule has 2 aromatic rings. The fourth-order valence-electron chi connectivity index (χ4n) is 1.14. The molecular formula is C10H11N3O2. The van der Waals surface area contributed by atoms with Crippen molar-refractivity contribution in [1.29, 1.82) is 0 Å². The molecule has 0 spiro atoms. The van der Waals surface area contributed by atoms with E-state index in [9.17, 15) is 0 Å². The lowest BCUT2D eigenvalue weighted by Gasteiger charge is -2.02. The molecule has 0 radical (unpaired) electrons. The average Bonchev–Trinajstić information content (AvgIpc) is 2.66. The lowest BCUT2D eigenvalue weighted by Crippen LogP contribution is -2.01. The number of nitrogens with zero attached hydrogens (tertiary/aromatic N) is 2. The summed E-state index contributed by atoms with van der Waals surface area (Å²) in [6.07, 6.45) is 0.555. The predicted octanol–water partition coefficient (Wildman–Crippen LogP) is 1.27. The van der Waals surface area contributed by atoms with Gasteiger partial charge in [0.05, 0.1) is 13.0 Å². The summed E-state index contributed by atoms with van der Waals surface area (Å²) in [5, 5.41) is 7.27. The summed E-state index contributed by atoms with van der Waals surface area (Å²) in [6.45, 7) is 0.492. The van der Waals surface area contributed by atoms with E-state index in [1.807, 2.05) is 30.3 Å². The van der Waals surface area contributed by atoms with Crippen LogP contribution in [0.1, 0.15) is 5.89 Å². The Morgan fingerprint density at radius 2 is 2.00 bits per heavy atom. The van der Waals surface area contributed by atoms with Gasteiger partial charge in [-0.05, 0) is 12.1 Å². The maximum absolute atomic E-state index is 5.45. The standard InChI is InChI=1S/C10H11N3O2/c11-10-13-12-9(15-10)6-7-14-8-4-2-1-3-5-8/h1-5H,6-7H2,(H2,11,13). The second-order valence-corrected chi connectivity index (χ2v) is 2.95. The van der Waals surface area contributed by atoms with Crippen LogP contribution in [0.15, 0.2) is 34.7 Å². The minimum absolute atomic E-state index is 0.0877. The van der Waals surface area contributed by atoms with Gasteiger partial charge in [0.2, 0.25) is 5.89 Å². The summed E-state index contributed by atoms with van der Waals surface area (Å²) in [5.74, 6) is 1.31. The molecule has 78 valence electrons. The molecule has 0 atom stereocenters.